The van der Waals surface area contributed by atoms with E-state index in [2.05, 4.69) is 0 Å². The molecular formula is C22H25N3O7. The molecule has 4 rings (SSSR count). The van der Waals surface area contributed by atoms with Crippen LogP contribution in [0.5, 0.6) is 5.75 Å². The van der Waals surface area contributed by atoms with Crippen molar-refractivity contribution < 1.29 is 34.8 Å². The first kappa shape index (κ1) is 22.0. The Labute approximate surface area is 183 Å². The number of hydrogen-bond donors (Lipinski definition) is 6. The highest BCUT2D eigenvalue weighted by Gasteiger charge is 2.64. The van der Waals surface area contributed by atoms with Crippen LogP contribution in [0.15, 0.2) is 29.0 Å². The molecule has 1 amide bonds. The summed E-state index contributed by atoms with van der Waals surface area (Å²) >= 11 is 0. The van der Waals surface area contributed by atoms with Gasteiger partial charge in [0.25, 0.3) is 5.91 Å². The van der Waals surface area contributed by atoms with Crippen LogP contribution in [0.1, 0.15) is 23.1 Å². The van der Waals surface area contributed by atoms with Gasteiger partial charge in [0.1, 0.15) is 22.8 Å². The van der Waals surface area contributed by atoms with E-state index in [4.69, 9.17) is 11.5 Å². The van der Waals surface area contributed by atoms with E-state index < -0.39 is 58.0 Å². The number of ketones is 2. The number of nitrogens with two attached hydrogens (primary N) is 2. The smallest absolute Gasteiger partial charge is 0.255 e. The van der Waals surface area contributed by atoms with Crippen molar-refractivity contribution in [1.29, 1.82) is 0 Å². The van der Waals surface area contributed by atoms with Crippen molar-refractivity contribution in [1.82, 2.24) is 4.90 Å². The van der Waals surface area contributed by atoms with Gasteiger partial charge >= 0.3 is 0 Å². The normalized spacial score (nSPS) is 29.7. The Morgan fingerprint density at radius 1 is 1.22 bits per heavy atom. The Morgan fingerprint density at radius 3 is 2.44 bits per heavy atom. The molecule has 10 heteroatoms. The number of rotatable bonds is 3. The Bertz CT molecular complexity index is 1140. The molecule has 1 aromatic carbocycles. The quantitative estimate of drug-likeness (QED) is 0.332. The summed E-state index contributed by atoms with van der Waals surface area (Å²) in [5, 5.41) is 43.8. The molecule has 1 saturated carbocycles. The standard InChI is InChI=1S/C22H25N3O7/c1-25(2)15-11-6-10-5-8-3-4-9(7-23)16(26)12(8)17(27)13(10)19(29)22(11,32)20(30)14(18(15)28)21(24)31/h3-4,10-11,15,26-27,30,32H,5-7,23H2,1-2H3,(H2,24,31). The first-order chi connectivity index (χ1) is 15.0. The minimum Gasteiger partial charge on any atom is -0.508 e. The molecule has 0 spiro atoms. The number of carbonyl (C=O) groups is 3. The van der Waals surface area contributed by atoms with Crippen LogP contribution in [-0.4, -0.2) is 68.5 Å². The molecule has 0 bridgehead atoms. The highest BCUT2D eigenvalue weighted by molar-refractivity contribution is 6.24. The zero-order valence-corrected chi connectivity index (χ0v) is 17.6. The maximum Gasteiger partial charge on any atom is 0.255 e. The van der Waals surface area contributed by atoms with Crippen LogP contribution >= 0.6 is 0 Å². The Morgan fingerprint density at radius 2 is 1.88 bits per heavy atom. The SMILES string of the molecule is CN(C)C1C(=O)C(C(N)=O)=C(O)C2(O)C(=O)C3=C(O)c4c(ccc(CN)c4O)CC3CC12. The van der Waals surface area contributed by atoms with Crippen LogP contribution in [0.3, 0.4) is 0 Å². The van der Waals surface area contributed by atoms with Crippen LogP contribution in [0, 0.1) is 11.8 Å². The molecule has 1 fully saturated rings. The number of nitrogens with zero attached hydrogens (tertiary/aromatic N) is 1. The number of phenolic OH excluding ortho intramolecular Hbond substituents is 1. The first-order valence-electron chi connectivity index (χ1n) is 10.1. The lowest BCUT2D eigenvalue weighted by Gasteiger charge is -2.50. The van der Waals surface area contributed by atoms with E-state index in [9.17, 15) is 34.8 Å². The lowest BCUT2D eigenvalue weighted by Crippen LogP contribution is -2.65. The third-order valence-electron chi connectivity index (χ3n) is 6.90. The maximum atomic E-state index is 13.6. The van der Waals surface area contributed by atoms with Crippen molar-refractivity contribution in [3.05, 3.63) is 45.7 Å². The summed E-state index contributed by atoms with van der Waals surface area (Å²) in [6, 6.07) is 2.24. The second-order valence-electron chi connectivity index (χ2n) is 8.77. The molecule has 0 aliphatic heterocycles. The van der Waals surface area contributed by atoms with E-state index in [-0.39, 0.29) is 36.3 Å². The molecule has 4 atom stereocenters. The van der Waals surface area contributed by atoms with Gasteiger partial charge in [-0.05, 0) is 38.4 Å². The van der Waals surface area contributed by atoms with Crippen LogP contribution < -0.4 is 11.5 Å². The number of amides is 1. The molecule has 0 heterocycles. The van der Waals surface area contributed by atoms with Crippen molar-refractivity contribution in [3.63, 3.8) is 0 Å². The van der Waals surface area contributed by atoms with Crippen LogP contribution in [0.2, 0.25) is 0 Å². The zero-order chi connectivity index (χ0) is 23.7. The summed E-state index contributed by atoms with van der Waals surface area (Å²) in [6.45, 7) is 0.00321. The van der Waals surface area contributed by atoms with Gasteiger partial charge in [0, 0.05) is 23.6 Å². The summed E-state index contributed by atoms with van der Waals surface area (Å²) in [4.78, 5) is 40.0. The molecule has 3 aliphatic carbocycles. The average Bonchev–Trinajstić information content (AvgIpc) is 2.70. The number of aromatic hydroxyl groups is 1. The third-order valence-corrected chi connectivity index (χ3v) is 6.90. The molecule has 4 unspecified atom stereocenters. The van der Waals surface area contributed by atoms with Gasteiger partial charge in [-0.2, -0.15) is 0 Å². The number of fused-ring (bicyclic) bond motifs is 3. The molecule has 0 radical (unpaired) electrons. The summed E-state index contributed by atoms with van der Waals surface area (Å²) in [5.41, 5.74) is 8.27. The number of aliphatic hydroxyl groups is 3. The molecule has 1 aromatic rings. The van der Waals surface area contributed by atoms with Crippen molar-refractivity contribution in [3.8, 4) is 5.75 Å². The van der Waals surface area contributed by atoms with E-state index in [1.54, 1.807) is 26.2 Å². The van der Waals surface area contributed by atoms with E-state index in [1.807, 2.05) is 0 Å². The number of phenols is 1. The third kappa shape index (κ3) is 2.66. The van der Waals surface area contributed by atoms with Gasteiger partial charge in [-0.25, -0.2) is 0 Å². The summed E-state index contributed by atoms with van der Waals surface area (Å²) in [6.07, 6.45) is 0.318. The Hall–Kier alpha value is -3.21. The van der Waals surface area contributed by atoms with E-state index in [0.29, 0.717) is 11.1 Å². The average molecular weight is 443 g/mol. The molecule has 170 valence electrons. The van der Waals surface area contributed by atoms with Crippen molar-refractivity contribution in [2.24, 2.45) is 23.3 Å². The number of aliphatic hydroxyl groups excluding tert-OH is 2. The number of benzene rings is 1. The van der Waals surface area contributed by atoms with Gasteiger partial charge in [-0.1, -0.05) is 12.1 Å². The number of primary amides is 1. The lowest BCUT2D eigenvalue weighted by atomic mass is 9.57. The number of hydrogen-bond acceptors (Lipinski definition) is 9. The van der Waals surface area contributed by atoms with E-state index in [1.165, 1.54) is 4.90 Å². The van der Waals surface area contributed by atoms with Gasteiger partial charge in [-0.3, -0.25) is 19.3 Å². The second-order valence-corrected chi connectivity index (χ2v) is 8.77. The lowest BCUT2D eigenvalue weighted by molar-refractivity contribution is -0.153. The zero-order valence-electron chi connectivity index (χ0n) is 17.6. The fourth-order valence-electron chi connectivity index (χ4n) is 5.43. The predicted molar refractivity (Wildman–Crippen MR) is 112 cm³/mol. The van der Waals surface area contributed by atoms with E-state index in [0.717, 1.165) is 0 Å². The highest BCUT2D eigenvalue weighted by Crippen LogP contribution is 2.52. The Kier molecular flexibility index (Phi) is 4.92. The van der Waals surface area contributed by atoms with Gasteiger partial charge in [0.05, 0.1) is 11.6 Å². The molecule has 32 heavy (non-hydrogen) atoms. The Balaban J connectivity index is 1.97. The molecule has 0 saturated heterocycles. The van der Waals surface area contributed by atoms with Crippen molar-refractivity contribution in [2.45, 2.75) is 31.0 Å². The highest BCUT2D eigenvalue weighted by atomic mass is 16.3. The summed E-state index contributed by atoms with van der Waals surface area (Å²) in [7, 11) is 3.11. The minimum absolute atomic E-state index is 0.00321. The van der Waals surface area contributed by atoms with Gasteiger partial charge in [-0.15, -0.1) is 0 Å². The number of carbonyl (C=O) groups excluding carboxylic acids is 3. The number of Topliss-reactive ketones (excluding diaryl/α,β-unsaturated/α-hetero) is 2. The van der Waals surface area contributed by atoms with Gasteiger partial charge < -0.3 is 31.9 Å². The number of likely N-dealkylation sites (N-methyl/N-ethyl adjacent to an activating group) is 1. The fourth-order valence-corrected chi connectivity index (χ4v) is 5.43. The molecule has 3 aliphatic rings. The largest absolute Gasteiger partial charge is 0.508 e. The van der Waals surface area contributed by atoms with Crippen LogP contribution in [-0.2, 0) is 27.3 Å². The van der Waals surface area contributed by atoms with Crippen LogP contribution in [0.4, 0.5) is 0 Å². The predicted octanol–water partition coefficient (Wildman–Crippen LogP) is -0.577. The minimum atomic E-state index is -2.63. The molecular weight excluding hydrogens is 418 g/mol. The van der Waals surface area contributed by atoms with Crippen LogP contribution in [0.25, 0.3) is 5.76 Å². The van der Waals surface area contributed by atoms with Gasteiger partial charge in [0.15, 0.2) is 11.4 Å². The second kappa shape index (κ2) is 7.16. The first-order valence-corrected chi connectivity index (χ1v) is 10.1. The van der Waals surface area contributed by atoms with Crippen molar-refractivity contribution in [2.75, 3.05) is 14.1 Å². The fraction of sp³-hybridized carbons (Fsp3) is 0.409. The monoisotopic (exact) mass is 443 g/mol. The van der Waals surface area contributed by atoms with Crippen molar-refractivity contribution >= 4 is 23.2 Å². The molecule has 0 aromatic heterocycles. The summed E-state index contributed by atoms with van der Waals surface area (Å²) in [5.74, 6) is -6.63. The topological polar surface area (TPSA) is 187 Å². The summed E-state index contributed by atoms with van der Waals surface area (Å²) < 4.78 is 0. The maximum absolute atomic E-state index is 13.6. The van der Waals surface area contributed by atoms with E-state index >= 15 is 0 Å². The molecule has 8 N–H and O–H groups in total. The molecule has 10 nitrogen and oxygen atoms in total. The van der Waals surface area contributed by atoms with Gasteiger partial charge in [0.2, 0.25) is 5.78 Å².